The van der Waals surface area contributed by atoms with E-state index in [1.807, 2.05) is 11.4 Å². The van der Waals surface area contributed by atoms with Gasteiger partial charge in [-0.25, -0.2) is 17.5 Å². The van der Waals surface area contributed by atoms with Crippen molar-refractivity contribution in [3.63, 3.8) is 0 Å². The number of halogens is 2. The van der Waals surface area contributed by atoms with Gasteiger partial charge in [-0.3, -0.25) is 0 Å². The van der Waals surface area contributed by atoms with E-state index in [0.717, 1.165) is 35.9 Å². The van der Waals surface area contributed by atoms with E-state index < -0.39 is 21.4 Å². The molecule has 1 fully saturated rings. The normalized spacial score (nSPS) is 17.9. The molecule has 1 aromatic carbocycles. The molecule has 0 spiro atoms. The summed E-state index contributed by atoms with van der Waals surface area (Å²) in [7, 11) is -3.89. The zero-order valence-electron chi connectivity index (χ0n) is 12.0. The number of benzene rings is 1. The fourth-order valence-corrected chi connectivity index (χ4v) is 4.70. The Morgan fingerprint density at radius 2 is 2.13 bits per heavy atom. The van der Waals surface area contributed by atoms with Gasteiger partial charge in [0.15, 0.2) is 0 Å². The molecular weight excluding hydrogens is 361 g/mol. The molecule has 0 aliphatic heterocycles. The third-order valence-electron chi connectivity index (χ3n) is 3.93. The molecule has 1 saturated carbocycles. The summed E-state index contributed by atoms with van der Waals surface area (Å²) in [6.07, 6.45) is 1.72. The highest BCUT2D eigenvalue weighted by Gasteiger charge is 2.46. The number of rotatable bonds is 6. The van der Waals surface area contributed by atoms with Gasteiger partial charge in [0.1, 0.15) is 11.4 Å². The smallest absolute Gasteiger partial charge is 0.240 e. The molecule has 1 aliphatic carbocycles. The summed E-state index contributed by atoms with van der Waals surface area (Å²) in [5, 5.41) is 12.5. The van der Waals surface area contributed by atoms with Gasteiger partial charge in [-0.15, -0.1) is 11.3 Å². The molecule has 3 rings (SSSR count). The van der Waals surface area contributed by atoms with Crippen LogP contribution in [0.25, 0.3) is 0 Å². The lowest BCUT2D eigenvalue weighted by atomic mass is 9.96. The predicted molar refractivity (Wildman–Crippen MR) is 87.5 cm³/mol. The van der Waals surface area contributed by atoms with Crippen LogP contribution in [0.5, 0.6) is 0 Å². The second-order valence-electron chi connectivity index (χ2n) is 5.58. The number of sulfonamides is 1. The average molecular weight is 376 g/mol. The summed E-state index contributed by atoms with van der Waals surface area (Å²) < 4.78 is 40.3. The van der Waals surface area contributed by atoms with Gasteiger partial charge < -0.3 is 5.11 Å². The second-order valence-corrected chi connectivity index (χ2v) is 8.70. The van der Waals surface area contributed by atoms with E-state index in [1.54, 1.807) is 6.07 Å². The molecule has 0 saturated heterocycles. The molecule has 1 heterocycles. The van der Waals surface area contributed by atoms with Crippen LogP contribution in [0.4, 0.5) is 4.39 Å². The van der Waals surface area contributed by atoms with Crippen LogP contribution in [0.1, 0.15) is 17.7 Å². The van der Waals surface area contributed by atoms with Crippen LogP contribution >= 0.6 is 22.9 Å². The summed E-state index contributed by atoms with van der Waals surface area (Å²) in [5.41, 5.74) is -1.22. The molecule has 1 aromatic heterocycles. The van der Waals surface area contributed by atoms with Crippen LogP contribution in [0.2, 0.25) is 5.02 Å². The SMILES string of the molecule is O=S(=O)(NCC(O)(c1cccs1)C1CC1)c1ccc(F)c(Cl)c1. The van der Waals surface area contributed by atoms with E-state index in [-0.39, 0.29) is 22.4 Å². The van der Waals surface area contributed by atoms with Gasteiger partial charge in [-0.1, -0.05) is 17.7 Å². The van der Waals surface area contributed by atoms with Gasteiger partial charge in [-0.2, -0.15) is 0 Å². The topological polar surface area (TPSA) is 66.4 Å². The van der Waals surface area contributed by atoms with Crippen molar-refractivity contribution in [1.29, 1.82) is 0 Å². The minimum atomic E-state index is -3.89. The van der Waals surface area contributed by atoms with Crippen molar-refractivity contribution < 1.29 is 17.9 Å². The van der Waals surface area contributed by atoms with Crippen molar-refractivity contribution >= 4 is 33.0 Å². The Balaban J connectivity index is 1.81. The molecule has 0 radical (unpaired) electrons. The van der Waals surface area contributed by atoms with Crippen molar-refractivity contribution in [2.24, 2.45) is 5.92 Å². The van der Waals surface area contributed by atoms with Crippen molar-refractivity contribution in [3.05, 3.63) is 51.4 Å². The maximum Gasteiger partial charge on any atom is 0.240 e. The Hall–Kier alpha value is -0.990. The highest BCUT2D eigenvalue weighted by Crippen LogP contribution is 2.46. The monoisotopic (exact) mass is 375 g/mol. The van der Waals surface area contributed by atoms with Crippen molar-refractivity contribution in [2.75, 3.05) is 6.54 Å². The average Bonchev–Trinajstić information content (AvgIpc) is 3.23. The summed E-state index contributed by atoms with van der Waals surface area (Å²) >= 11 is 7.03. The maximum atomic E-state index is 13.2. The Labute approximate surface area is 143 Å². The maximum absolute atomic E-state index is 13.2. The van der Waals surface area contributed by atoms with Gasteiger partial charge in [0, 0.05) is 11.4 Å². The molecule has 0 bridgehead atoms. The van der Waals surface area contributed by atoms with E-state index in [9.17, 15) is 17.9 Å². The number of thiophene rings is 1. The van der Waals surface area contributed by atoms with Gasteiger partial charge in [0.2, 0.25) is 10.0 Å². The van der Waals surface area contributed by atoms with Gasteiger partial charge in [-0.05, 0) is 48.4 Å². The van der Waals surface area contributed by atoms with E-state index in [4.69, 9.17) is 11.6 Å². The minimum absolute atomic E-state index is 0.0423. The van der Waals surface area contributed by atoms with Crippen molar-refractivity contribution in [3.8, 4) is 0 Å². The Morgan fingerprint density at radius 1 is 1.39 bits per heavy atom. The van der Waals surface area contributed by atoms with Crippen molar-refractivity contribution in [2.45, 2.75) is 23.3 Å². The standard InChI is InChI=1S/C15H15ClFNO3S2/c16-12-8-11(5-6-13(12)17)23(20,21)18-9-15(19,10-3-4-10)14-2-1-7-22-14/h1-2,5-8,10,18-19H,3-4,9H2. The number of nitrogens with one attached hydrogen (secondary N) is 1. The first-order chi connectivity index (χ1) is 10.8. The molecular formula is C15H15ClFNO3S2. The van der Waals surface area contributed by atoms with Crippen LogP contribution in [0.15, 0.2) is 40.6 Å². The van der Waals surface area contributed by atoms with E-state index in [2.05, 4.69) is 4.72 Å². The summed E-state index contributed by atoms with van der Waals surface area (Å²) in [6.45, 7) is -0.129. The number of aliphatic hydroxyl groups is 1. The van der Waals surface area contributed by atoms with Crippen LogP contribution < -0.4 is 4.72 Å². The minimum Gasteiger partial charge on any atom is -0.383 e. The first-order valence-electron chi connectivity index (χ1n) is 7.04. The Kier molecular flexibility index (Phi) is 4.50. The lowest BCUT2D eigenvalue weighted by Crippen LogP contribution is -2.41. The fraction of sp³-hybridized carbons (Fsp3) is 0.333. The third kappa shape index (κ3) is 3.44. The van der Waals surface area contributed by atoms with Crippen LogP contribution in [-0.2, 0) is 15.6 Å². The number of hydrogen-bond donors (Lipinski definition) is 2. The molecule has 4 nitrogen and oxygen atoms in total. The molecule has 2 aromatic rings. The predicted octanol–water partition coefficient (Wildman–Crippen LogP) is 3.12. The highest BCUT2D eigenvalue weighted by molar-refractivity contribution is 7.89. The van der Waals surface area contributed by atoms with E-state index >= 15 is 0 Å². The van der Waals surface area contributed by atoms with Crippen LogP contribution in [0, 0.1) is 11.7 Å². The first kappa shape index (κ1) is 16.9. The van der Waals surface area contributed by atoms with Crippen LogP contribution in [-0.4, -0.2) is 20.1 Å². The van der Waals surface area contributed by atoms with E-state index in [0.29, 0.717) is 0 Å². The number of hydrogen-bond acceptors (Lipinski definition) is 4. The Morgan fingerprint density at radius 3 is 2.70 bits per heavy atom. The molecule has 1 unspecified atom stereocenters. The molecule has 1 atom stereocenters. The second kappa shape index (κ2) is 6.14. The first-order valence-corrected chi connectivity index (χ1v) is 9.78. The van der Waals surface area contributed by atoms with Gasteiger partial charge in [0.05, 0.1) is 9.92 Å². The molecule has 8 heteroatoms. The highest BCUT2D eigenvalue weighted by atomic mass is 35.5. The quantitative estimate of drug-likeness (QED) is 0.815. The fourth-order valence-electron chi connectivity index (χ4n) is 2.45. The summed E-state index contributed by atoms with van der Waals surface area (Å²) in [6, 6.07) is 6.82. The van der Waals surface area contributed by atoms with Gasteiger partial charge in [0.25, 0.3) is 0 Å². The van der Waals surface area contributed by atoms with Gasteiger partial charge >= 0.3 is 0 Å². The summed E-state index contributed by atoms with van der Waals surface area (Å²) in [5.74, 6) is -0.639. The van der Waals surface area contributed by atoms with E-state index in [1.165, 1.54) is 11.3 Å². The lowest BCUT2D eigenvalue weighted by Gasteiger charge is -2.27. The van der Waals surface area contributed by atoms with Crippen LogP contribution in [0.3, 0.4) is 0 Å². The molecule has 1 aliphatic rings. The zero-order chi connectivity index (χ0) is 16.7. The molecule has 0 amide bonds. The summed E-state index contributed by atoms with van der Waals surface area (Å²) in [4.78, 5) is 0.605. The molecule has 124 valence electrons. The Bertz CT molecular complexity index is 806. The largest absolute Gasteiger partial charge is 0.383 e. The van der Waals surface area contributed by atoms with Crippen molar-refractivity contribution in [1.82, 2.24) is 4.72 Å². The third-order valence-corrected chi connectivity index (χ3v) is 6.66. The molecule has 23 heavy (non-hydrogen) atoms. The lowest BCUT2D eigenvalue weighted by molar-refractivity contribution is 0.0222. The molecule has 2 N–H and O–H groups in total. The zero-order valence-corrected chi connectivity index (χ0v) is 14.4.